The normalized spacial score (nSPS) is 16.4. The van der Waals surface area contributed by atoms with E-state index in [1.54, 1.807) is 11.3 Å². The maximum atomic E-state index is 6.68. The van der Waals surface area contributed by atoms with E-state index in [1.807, 2.05) is 0 Å². The van der Waals surface area contributed by atoms with E-state index >= 15 is 0 Å². The first-order valence-corrected chi connectivity index (χ1v) is 17.9. The summed E-state index contributed by atoms with van der Waals surface area (Å²) in [6.45, 7) is 0. The summed E-state index contributed by atoms with van der Waals surface area (Å²) in [5.41, 5.74) is 11.5. The highest BCUT2D eigenvalue weighted by Crippen LogP contribution is 2.62. The van der Waals surface area contributed by atoms with E-state index in [4.69, 9.17) is 9.73 Å². The fourth-order valence-corrected chi connectivity index (χ4v) is 9.25. The zero-order valence-electron chi connectivity index (χ0n) is 27.5. The third-order valence-electron chi connectivity index (χ3n) is 10.5. The molecule has 0 saturated carbocycles. The van der Waals surface area contributed by atoms with Gasteiger partial charge in [0.1, 0.15) is 17.3 Å². The first-order valence-electron chi connectivity index (χ1n) is 17.1. The number of thiophene rings is 1. The molecule has 1 aliphatic carbocycles. The van der Waals surface area contributed by atoms with Gasteiger partial charge in [0.2, 0.25) is 0 Å². The zero-order chi connectivity index (χ0) is 33.2. The molecule has 6 aromatic carbocycles. The van der Waals surface area contributed by atoms with Gasteiger partial charge in [0.15, 0.2) is 0 Å². The van der Waals surface area contributed by atoms with Gasteiger partial charge >= 0.3 is 0 Å². The van der Waals surface area contributed by atoms with Crippen molar-refractivity contribution in [2.24, 2.45) is 4.99 Å². The van der Waals surface area contributed by atoms with Crippen molar-refractivity contribution in [1.29, 1.82) is 0 Å². The lowest BCUT2D eigenvalue weighted by molar-refractivity contribution is 0.435. The number of likely N-dealkylation sites (N-methyl/N-ethyl adjacent to an activating group) is 1. The van der Waals surface area contributed by atoms with Gasteiger partial charge in [-0.05, 0) is 81.4 Å². The van der Waals surface area contributed by atoms with Crippen LogP contribution in [-0.4, -0.2) is 17.8 Å². The molecule has 1 unspecified atom stereocenters. The van der Waals surface area contributed by atoms with Crippen LogP contribution in [0.2, 0.25) is 0 Å². The fourth-order valence-electron chi connectivity index (χ4n) is 8.21. The topological polar surface area (TPSA) is 24.8 Å². The summed E-state index contributed by atoms with van der Waals surface area (Å²) in [4.78, 5) is 9.91. The predicted octanol–water partition coefficient (Wildman–Crippen LogP) is 11.4. The van der Waals surface area contributed by atoms with E-state index in [1.165, 1.54) is 49.4 Å². The van der Waals surface area contributed by atoms with Crippen LogP contribution in [0.25, 0.3) is 27.3 Å². The van der Waals surface area contributed by atoms with E-state index < -0.39 is 5.41 Å². The molecule has 0 saturated heterocycles. The van der Waals surface area contributed by atoms with Gasteiger partial charge in [-0.25, -0.2) is 4.99 Å². The molecule has 0 fully saturated rings. The molecule has 0 bridgehead atoms. The van der Waals surface area contributed by atoms with E-state index in [0.717, 1.165) is 33.5 Å². The first-order chi connectivity index (χ1) is 24.7. The molecule has 0 N–H and O–H groups in total. The Hall–Kier alpha value is -5.97. The van der Waals surface area contributed by atoms with Crippen molar-refractivity contribution in [2.75, 3.05) is 7.05 Å². The Morgan fingerprint density at radius 3 is 1.90 bits per heavy atom. The SMILES string of the molecule is CN1C(c2ccc(-c3ccc4c(c3)C3(c5ccccc5O4)c4ccccc4-c4ccccc43)s2)=NC(c2ccccc2)=CC1c1ccccc1. The van der Waals surface area contributed by atoms with Crippen molar-refractivity contribution in [3.8, 4) is 33.1 Å². The summed E-state index contributed by atoms with van der Waals surface area (Å²) < 4.78 is 6.68. The summed E-state index contributed by atoms with van der Waals surface area (Å²) in [6, 6.07) is 58.8. The minimum absolute atomic E-state index is 0.0628. The molecule has 3 nitrogen and oxygen atoms in total. The number of hydrogen-bond donors (Lipinski definition) is 0. The Bertz CT molecular complexity index is 2450. The van der Waals surface area contributed by atoms with Gasteiger partial charge < -0.3 is 9.64 Å². The minimum atomic E-state index is -0.487. The van der Waals surface area contributed by atoms with Gasteiger partial charge in [0.25, 0.3) is 0 Å². The summed E-state index contributed by atoms with van der Waals surface area (Å²) in [5.74, 6) is 2.78. The van der Waals surface area contributed by atoms with Crippen molar-refractivity contribution in [3.63, 3.8) is 0 Å². The number of nitrogens with zero attached hydrogens (tertiary/aromatic N) is 2. The molecule has 238 valence electrons. The summed E-state index contributed by atoms with van der Waals surface area (Å²) in [5, 5.41) is 0. The number of rotatable bonds is 4. The Morgan fingerprint density at radius 2 is 1.16 bits per heavy atom. The largest absolute Gasteiger partial charge is 0.457 e. The van der Waals surface area contributed by atoms with Crippen LogP contribution < -0.4 is 4.74 Å². The van der Waals surface area contributed by atoms with E-state index in [-0.39, 0.29) is 6.04 Å². The molecule has 7 aromatic rings. The van der Waals surface area contributed by atoms with Crippen molar-refractivity contribution >= 4 is 22.9 Å². The third kappa shape index (κ3) is 4.25. The minimum Gasteiger partial charge on any atom is -0.457 e. The molecule has 50 heavy (non-hydrogen) atoms. The molecule has 1 atom stereocenters. The average Bonchev–Trinajstić information content (AvgIpc) is 3.78. The van der Waals surface area contributed by atoms with Gasteiger partial charge in [-0.15, -0.1) is 11.3 Å². The maximum absolute atomic E-state index is 6.68. The molecule has 2 aliphatic heterocycles. The second kappa shape index (κ2) is 11.3. The number of fused-ring (bicyclic) bond motifs is 9. The monoisotopic (exact) mass is 660 g/mol. The molecule has 3 heterocycles. The number of aliphatic imine (C=N–C) groups is 1. The van der Waals surface area contributed by atoms with Crippen LogP contribution in [0.1, 0.15) is 44.3 Å². The predicted molar refractivity (Wildman–Crippen MR) is 205 cm³/mol. The number of benzene rings is 6. The molecule has 0 amide bonds. The lowest BCUT2D eigenvalue weighted by Gasteiger charge is -2.39. The average molecular weight is 661 g/mol. The van der Waals surface area contributed by atoms with Gasteiger partial charge in [-0.3, -0.25) is 0 Å². The molecule has 3 aliphatic rings. The Balaban J connectivity index is 1.12. The highest BCUT2D eigenvalue weighted by molar-refractivity contribution is 7.17. The van der Waals surface area contributed by atoms with Gasteiger partial charge in [0, 0.05) is 23.1 Å². The van der Waals surface area contributed by atoms with Crippen molar-refractivity contribution in [3.05, 3.63) is 208 Å². The van der Waals surface area contributed by atoms with Crippen LogP contribution in [0.3, 0.4) is 0 Å². The van der Waals surface area contributed by atoms with Gasteiger partial charge in [-0.1, -0.05) is 127 Å². The van der Waals surface area contributed by atoms with Gasteiger partial charge in [-0.2, -0.15) is 0 Å². The molecule has 10 rings (SSSR count). The Kier molecular flexibility index (Phi) is 6.55. The fraction of sp³-hybridized carbons (Fsp3) is 0.0652. The third-order valence-corrected chi connectivity index (χ3v) is 11.6. The maximum Gasteiger partial charge on any atom is 0.147 e. The summed E-state index contributed by atoms with van der Waals surface area (Å²) >= 11 is 1.79. The van der Waals surface area contributed by atoms with E-state index in [2.05, 4.69) is 182 Å². The molecule has 0 radical (unpaired) electrons. The summed E-state index contributed by atoms with van der Waals surface area (Å²) in [7, 11) is 2.15. The quantitative estimate of drug-likeness (QED) is 0.188. The number of para-hydroxylation sites is 1. The second-order valence-electron chi connectivity index (χ2n) is 13.1. The number of hydrogen-bond acceptors (Lipinski definition) is 4. The first kappa shape index (κ1) is 29.0. The second-order valence-corrected chi connectivity index (χ2v) is 14.2. The molecular formula is C46H32N2OS. The highest BCUT2D eigenvalue weighted by Gasteiger charge is 2.51. The molecule has 1 spiro atoms. The van der Waals surface area contributed by atoms with E-state index in [9.17, 15) is 0 Å². The Labute approximate surface area is 296 Å². The van der Waals surface area contributed by atoms with Crippen LogP contribution in [0.5, 0.6) is 11.5 Å². The molecule has 1 aromatic heterocycles. The zero-order valence-corrected chi connectivity index (χ0v) is 28.3. The van der Waals surface area contributed by atoms with Gasteiger partial charge in [0.05, 0.1) is 22.0 Å². The van der Waals surface area contributed by atoms with Crippen LogP contribution in [0, 0.1) is 0 Å². The van der Waals surface area contributed by atoms with E-state index in [0.29, 0.717) is 0 Å². The number of ether oxygens (including phenoxy) is 1. The van der Waals surface area contributed by atoms with Crippen LogP contribution in [0.15, 0.2) is 175 Å². The Morgan fingerprint density at radius 1 is 0.560 bits per heavy atom. The van der Waals surface area contributed by atoms with Crippen LogP contribution >= 0.6 is 11.3 Å². The van der Waals surface area contributed by atoms with Crippen molar-refractivity contribution in [1.82, 2.24) is 4.90 Å². The smallest absolute Gasteiger partial charge is 0.147 e. The lowest BCUT2D eigenvalue weighted by Crippen LogP contribution is -2.33. The number of amidine groups is 1. The molecule has 4 heteroatoms. The van der Waals surface area contributed by atoms with Crippen molar-refractivity contribution in [2.45, 2.75) is 11.5 Å². The lowest BCUT2D eigenvalue weighted by atomic mass is 9.66. The van der Waals surface area contributed by atoms with Crippen LogP contribution in [0.4, 0.5) is 0 Å². The van der Waals surface area contributed by atoms with Crippen molar-refractivity contribution < 1.29 is 4.74 Å². The standard InChI is InChI=1S/C46H32N2OS/c1-48-40(31-16-6-3-7-17-31)29-39(30-14-4-2-5-15-30)47-45(48)44-27-26-43(50-44)32-24-25-42-38(28-32)46(37-22-12-13-23-41(37)49-42)35-20-10-8-18-33(35)34-19-9-11-21-36(34)46/h2-29,40H,1H3. The highest BCUT2D eigenvalue weighted by atomic mass is 32.1. The molecular weight excluding hydrogens is 629 g/mol. The van der Waals surface area contributed by atoms with Crippen LogP contribution in [-0.2, 0) is 5.41 Å². The summed E-state index contributed by atoms with van der Waals surface area (Å²) in [6.07, 6.45) is 2.28.